The van der Waals surface area contributed by atoms with E-state index in [9.17, 15) is 4.79 Å². The molecular formula is C15H24N2O3S. The molecule has 0 radical (unpaired) electrons. The summed E-state index contributed by atoms with van der Waals surface area (Å²) in [5.74, 6) is -0.211. The molecule has 0 spiro atoms. The third kappa shape index (κ3) is 4.97. The van der Waals surface area contributed by atoms with Crippen LogP contribution in [0.3, 0.4) is 0 Å². The molecule has 1 aliphatic rings. The maximum atomic E-state index is 11.5. The molecule has 6 heteroatoms. The van der Waals surface area contributed by atoms with Crippen LogP contribution in [0.5, 0.6) is 0 Å². The Balaban J connectivity index is 1.89. The third-order valence-electron chi connectivity index (χ3n) is 3.38. The fourth-order valence-electron chi connectivity index (χ4n) is 2.42. The van der Waals surface area contributed by atoms with Gasteiger partial charge in [-0.25, -0.2) is 4.98 Å². The summed E-state index contributed by atoms with van der Waals surface area (Å²) in [5, 5.41) is 2.93. The highest BCUT2D eigenvalue weighted by Crippen LogP contribution is 2.25. The van der Waals surface area contributed by atoms with E-state index in [1.54, 1.807) is 11.3 Å². The van der Waals surface area contributed by atoms with Gasteiger partial charge in [0.15, 0.2) is 5.13 Å². The van der Waals surface area contributed by atoms with Crippen molar-refractivity contribution in [2.24, 2.45) is 0 Å². The first kappa shape index (κ1) is 16.2. The number of carbonyl (C=O) groups is 1. The molecule has 21 heavy (non-hydrogen) atoms. The first-order valence-electron chi connectivity index (χ1n) is 7.69. The Morgan fingerprint density at radius 2 is 2.38 bits per heavy atom. The van der Waals surface area contributed by atoms with Crippen molar-refractivity contribution in [2.45, 2.75) is 45.6 Å². The first-order chi connectivity index (χ1) is 10.2. The zero-order valence-corrected chi connectivity index (χ0v) is 13.7. The molecule has 1 aliphatic heterocycles. The molecule has 0 amide bonds. The van der Waals surface area contributed by atoms with Crippen molar-refractivity contribution in [3.63, 3.8) is 0 Å². The van der Waals surface area contributed by atoms with Crippen LogP contribution in [0, 0.1) is 0 Å². The van der Waals surface area contributed by atoms with Crippen LogP contribution in [-0.2, 0) is 20.7 Å². The Bertz CT molecular complexity index is 450. The number of carbonyl (C=O) groups excluding carboxylic acids is 1. The highest BCUT2D eigenvalue weighted by molar-refractivity contribution is 7.13. The van der Waals surface area contributed by atoms with Crippen molar-refractivity contribution in [3.05, 3.63) is 11.1 Å². The predicted molar refractivity (Wildman–Crippen MR) is 83.9 cm³/mol. The number of thiazole rings is 1. The summed E-state index contributed by atoms with van der Waals surface area (Å²) in [6, 6.07) is 0. The molecule has 1 unspecified atom stereocenters. The third-order valence-corrected chi connectivity index (χ3v) is 4.33. The van der Waals surface area contributed by atoms with Gasteiger partial charge in [-0.15, -0.1) is 11.3 Å². The Morgan fingerprint density at radius 1 is 1.52 bits per heavy atom. The molecule has 5 nitrogen and oxygen atoms in total. The normalized spacial score (nSPS) is 18.8. The van der Waals surface area contributed by atoms with E-state index >= 15 is 0 Å². The summed E-state index contributed by atoms with van der Waals surface area (Å²) < 4.78 is 10.8. The molecule has 2 rings (SSSR count). The maximum Gasteiger partial charge on any atom is 0.311 e. The van der Waals surface area contributed by atoms with Crippen molar-refractivity contribution >= 4 is 22.4 Å². The molecule has 1 aromatic heterocycles. The number of ether oxygens (including phenoxy) is 2. The Labute approximate surface area is 130 Å². The largest absolute Gasteiger partial charge is 0.466 e. The molecule has 2 heterocycles. The summed E-state index contributed by atoms with van der Waals surface area (Å²) in [4.78, 5) is 18.3. The smallest absolute Gasteiger partial charge is 0.311 e. The number of nitrogens with zero attached hydrogens (tertiary/aromatic N) is 2. The van der Waals surface area contributed by atoms with Gasteiger partial charge in [-0.05, 0) is 26.2 Å². The van der Waals surface area contributed by atoms with Crippen LogP contribution in [0.15, 0.2) is 5.38 Å². The molecule has 0 saturated carbocycles. The summed E-state index contributed by atoms with van der Waals surface area (Å²) in [6.07, 6.45) is 3.86. The minimum atomic E-state index is -0.211. The average molecular weight is 312 g/mol. The molecule has 0 aliphatic carbocycles. The van der Waals surface area contributed by atoms with Gasteiger partial charge in [0.1, 0.15) is 0 Å². The summed E-state index contributed by atoms with van der Waals surface area (Å²) in [7, 11) is 0. The van der Waals surface area contributed by atoms with Crippen LogP contribution in [0.4, 0.5) is 5.13 Å². The van der Waals surface area contributed by atoms with Gasteiger partial charge in [0.2, 0.25) is 0 Å². The maximum absolute atomic E-state index is 11.5. The number of hydrogen-bond acceptors (Lipinski definition) is 6. The lowest BCUT2D eigenvalue weighted by atomic mass is 10.1. The molecule has 1 saturated heterocycles. The van der Waals surface area contributed by atoms with Gasteiger partial charge in [0, 0.05) is 25.1 Å². The van der Waals surface area contributed by atoms with E-state index in [2.05, 4.69) is 16.8 Å². The lowest BCUT2D eigenvalue weighted by Crippen LogP contribution is -2.39. The number of hydrogen-bond donors (Lipinski definition) is 0. The van der Waals surface area contributed by atoms with Crippen molar-refractivity contribution in [2.75, 3.05) is 31.2 Å². The van der Waals surface area contributed by atoms with Crippen molar-refractivity contribution < 1.29 is 14.3 Å². The second-order valence-corrected chi connectivity index (χ2v) is 6.02. The van der Waals surface area contributed by atoms with E-state index in [0.29, 0.717) is 12.7 Å². The number of rotatable bonds is 7. The van der Waals surface area contributed by atoms with Crippen LogP contribution in [0.25, 0.3) is 0 Å². The lowest BCUT2D eigenvalue weighted by Gasteiger charge is -2.32. The van der Waals surface area contributed by atoms with Gasteiger partial charge in [-0.1, -0.05) is 6.92 Å². The van der Waals surface area contributed by atoms with Crippen molar-refractivity contribution in [1.82, 2.24) is 4.98 Å². The van der Waals surface area contributed by atoms with E-state index in [0.717, 1.165) is 49.8 Å². The molecule has 1 fully saturated rings. The number of esters is 1. The van der Waals surface area contributed by atoms with Crippen LogP contribution in [0.1, 0.15) is 38.8 Å². The highest BCUT2D eigenvalue weighted by atomic mass is 32.1. The highest BCUT2D eigenvalue weighted by Gasteiger charge is 2.22. The standard InChI is InChI=1S/C15H24N2O3S/c1-3-8-20-13-6-5-7-17(10-13)15-16-12(11-21-15)9-14(18)19-4-2/h11,13H,3-10H2,1-2H3. The fourth-order valence-corrected chi connectivity index (χ4v) is 3.28. The Hall–Kier alpha value is -1.14. The minimum absolute atomic E-state index is 0.211. The van der Waals surface area contributed by atoms with E-state index in [1.807, 2.05) is 12.3 Å². The number of anilines is 1. The van der Waals surface area contributed by atoms with E-state index in [1.165, 1.54) is 0 Å². The zero-order chi connectivity index (χ0) is 15.1. The second kappa shape index (κ2) is 8.34. The lowest BCUT2D eigenvalue weighted by molar-refractivity contribution is -0.142. The predicted octanol–water partition coefficient (Wildman–Crippen LogP) is 2.64. The molecular weight excluding hydrogens is 288 g/mol. The van der Waals surface area contributed by atoms with Crippen LogP contribution in [0.2, 0.25) is 0 Å². The van der Waals surface area contributed by atoms with Crippen molar-refractivity contribution in [3.8, 4) is 0 Å². The monoisotopic (exact) mass is 312 g/mol. The average Bonchev–Trinajstić information content (AvgIpc) is 2.94. The minimum Gasteiger partial charge on any atom is -0.466 e. The Kier molecular flexibility index (Phi) is 6.45. The van der Waals surface area contributed by atoms with Crippen LogP contribution in [-0.4, -0.2) is 43.4 Å². The molecule has 0 aromatic carbocycles. The Morgan fingerprint density at radius 3 is 3.14 bits per heavy atom. The van der Waals surface area contributed by atoms with E-state index < -0.39 is 0 Å². The van der Waals surface area contributed by atoms with Crippen LogP contribution >= 0.6 is 11.3 Å². The fraction of sp³-hybridized carbons (Fsp3) is 0.733. The van der Waals surface area contributed by atoms with E-state index in [-0.39, 0.29) is 12.4 Å². The van der Waals surface area contributed by atoms with Crippen LogP contribution < -0.4 is 4.90 Å². The first-order valence-corrected chi connectivity index (χ1v) is 8.57. The molecule has 0 N–H and O–H groups in total. The molecule has 0 bridgehead atoms. The topological polar surface area (TPSA) is 51.7 Å². The van der Waals surface area contributed by atoms with Gasteiger partial charge in [-0.2, -0.15) is 0 Å². The zero-order valence-electron chi connectivity index (χ0n) is 12.8. The summed E-state index contributed by atoms with van der Waals surface area (Å²) in [5.41, 5.74) is 0.796. The molecule has 1 aromatic rings. The quantitative estimate of drug-likeness (QED) is 0.725. The summed E-state index contributed by atoms with van der Waals surface area (Å²) in [6.45, 7) is 7.09. The van der Waals surface area contributed by atoms with Gasteiger partial charge >= 0.3 is 5.97 Å². The summed E-state index contributed by atoms with van der Waals surface area (Å²) >= 11 is 1.59. The molecule has 1 atom stereocenters. The second-order valence-electron chi connectivity index (χ2n) is 5.18. The number of aromatic nitrogens is 1. The molecule has 118 valence electrons. The number of piperidine rings is 1. The van der Waals surface area contributed by atoms with Gasteiger partial charge < -0.3 is 14.4 Å². The van der Waals surface area contributed by atoms with Gasteiger partial charge in [0.05, 0.1) is 24.8 Å². The van der Waals surface area contributed by atoms with Gasteiger partial charge in [-0.3, -0.25) is 4.79 Å². The van der Waals surface area contributed by atoms with Crippen molar-refractivity contribution in [1.29, 1.82) is 0 Å². The van der Waals surface area contributed by atoms with Gasteiger partial charge in [0.25, 0.3) is 0 Å². The van der Waals surface area contributed by atoms with E-state index in [4.69, 9.17) is 9.47 Å². The SMILES string of the molecule is CCCOC1CCCN(c2nc(CC(=O)OCC)cs2)C1.